The molecular weight excluding hydrogens is 376 g/mol. The van der Waals surface area contributed by atoms with E-state index < -0.39 is 5.43 Å². The molecule has 1 aromatic heterocycles. The van der Waals surface area contributed by atoms with Gasteiger partial charge in [0, 0.05) is 23.8 Å². The van der Waals surface area contributed by atoms with E-state index in [0.29, 0.717) is 11.3 Å². The van der Waals surface area contributed by atoms with Gasteiger partial charge in [-0.3, -0.25) is 4.79 Å². The molecule has 7 nitrogen and oxygen atoms in total. The number of fused-ring (bicyclic) bond motifs is 1. The van der Waals surface area contributed by atoms with Crippen molar-refractivity contribution < 1.29 is 29.2 Å². The first-order valence-corrected chi connectivity index (χ1v) is 8.87. The van der Waals surface area contributed by atoms with Crippen LogP contribution in [-0.4, -0.2) is 29.5 Å². The van der Waals surface area contributed by atoms with Crippen LogP contribution in [0.4, 0.5) is 0 Å². The van der Waals surface area contributed by atoms with E-state index in [1.807, 2.05) is 19.9 Å². The molecular formula is C22H22O7. The SMILES string of the molecule is COc1cc(OC)c(-c2oc3cc(O)cc(O)c3c(=O)c2CC=C(C)C)cc1O. The Balaban J connectivity index is 2.43. The normalized spacial score (nSPS) is 10.8. The molecule has 3 N–H and O–H groups in total. The maximum Gasteiger partial charge on any atom is 0.200 e. The lowest BCUT2D eigenvalue weighted by atomic mass is 9.99. The Morgan fingerprint density at radius 3 is 2.31 bits per heavy atom. The molecule has 0 aliphatic carbocycles. The number of allylic oxidation sites excluding steroid dienone is 2. The van der Waals surface area contributed by atoms with E-state index in [-0.39, 0.29) is 51.7 Å². The predicted molar refractivity (Wildman–Crippen MR) is 109 cm³/mol. The fourth-order valence-corrected chi connectivity index (χ4v) is 3.09. The molecule has 0 saturated carbocycles. The molecule has 0 bridgehead atoms. The van der Waals surface area contributed by atoms with Crippen LogP contribution in [0.5, 0.6) is 28.7 Å². The average Bonchev–Trinajstić information content (AvgIpc) is 2.65. The molecule has 0 unspecified atom stereocenters. The minimum absolute atomic E-state index is 0.0146. The molecule has 0 saturated heterocycles. The Morgan fingerprint density at radius 1 is 1.00 bits per heavy atom. The van der Waals surface area contributed by atoms with Crippen LogP contribution in [0.2, 0.25) is 0 Å². The minimum atomic E-state index is -0.436. The lowest BCUT2D eigenvalue weighted by Crippen LogP contribution is -2.11. The Kier molecular flexibility index (Phi) is 5.41. The zero-order chi connectivity index (χ0) is 21.3. The van der Waals surface area contributed by atoms with E-state index in [4.69, 9.17) is 13.9 Å². The summed E-state index contributed by atoms with van der Waals surface area (Å²) in [6, 6.07) is 5.21. The van der Waals surface area contributed by atoms with Crippen LogP contribution in [-0.2, 0) is 6.42 Å². The van der Waals surface area contributed by atoms with Gasteiger partial charge in [-0.05, 0) is 26.3 Å². The van der Waals surface area contributed by atoms with Crippen molar-refractivity contribution in [3.05, 3.63) is 51.7 Å². The summed E-state index contributed by atoms with van der Waals surface area (Å²) < 4.78 is 16.5. The van der Waals surface area contributed by atoms with E-state index in [1.165, 1.54) is 32.4 Å². The van der Waals surface area contributed by atoms with Crippen LogP contribution in [0.25, 0.3) is 22.3 Å². The first-order valence-electron chi connectivity index (χ1n) is 8.87. The molecule has 0 aliphatic heterocycles. The number of aromatic hydroxyl groups is 3. The van der Waals surface area contributed by atoms with Crippen molar-refractivity contribution in [1.29, 1.82) is 0 Å². The van der Waals surface area contributed by atoms with Crippen molar-refractivity contribution in [2.45, 2.75) is 20.3 Å². The number of hydrogen-bond donors (Lipinski definition) is 3. The number of phenolic OH excluding ortho intramolecular Hbond substituents is 3. The monoisotopic (exact) mass is 398 g/mol. The number of ether oxygens (including phenoxy) is 2. The number of methoxy groups -OCH3 is 2. The lowest BCUT2D eigenvalue weighted by Gasteiger charge is -2.15. The van der Waals surface area contributed by atoms with Crippen molar-refractivity contribution in [2.75, 3.05) is 14.2 Å². The molecule has 2 aromatic carbocycles. The Hall–Kier alpha value is -3.61. The van der Waals surface area contributed by atoms with Crippen molar-refractivity contribution in [2.24, 2.45) is 0 Å². The molecule has 0 amide bonds. The van der Waals surface area contributed by atoms with Crippen LogP contribution < -0.4 is 14.9 Å². The highest BCUT2D eigenvalue weighted by Gasteiger charge is 2.22. The van der Waals surface area contributed by atoms with Gasteiger partial charge in [-0.2, -0.15) is 0 Å². The largest absolute Gasteiger partial charge is 0.508 e. The fraction of sp³-hybridized carbons (Fsp3) is 0.227. The van der Waals surface area contributed by atoms with Crippen LogP contribution in [0.1, 0.15) is 19.4 Å². The third kappa shape index (κ3) is 3.71. The molecule has 3 aromatic rings. The van der Waals surface area contributed by atoms with Gasteiger partial charge in [0.1, 0.15) is 34.0 Å². The third-order valence-electron chi connectivity index (χ3n) is 4.51. The van der Waals surface area contributed by atoms with Crippen molar-refractivity contribution in [1.82, 2.24) is 0 Å². The van der Waals surface area contributed by atoms with Crippen molar-refractivity contribution in [3.8, 4) is 40.1 Å². The van der Waals surface area contributed by atoms with E-state index in [1.54, 1.807) is 0 Å². The van der Waals surface area contributed by atoms with Gasteiger partial charge >= 0.3 is 0 Å². The Morgan fingerprint density at radius 2 is 1.69 bits per heavy atom. The van der Waals surface area contributed by atoms with Crippen molar-refractivity contribution in [3.63, 3.8) is 0 Å². The fourth-order valence-electron chi connectivity index (χ4n) is 3.09. The standard InChI is InChI=1S/C22H22O7/c1-11(2)5-6-13-21(26)20-16(25)7-12(23)8-19(20)29-22(13)14-9-15(24)18(28-4)10-17(14)27-3/h5,7-10,23-25H,6H2,1-4H3. The quantitative estimate of drug-likeness (QED) is 0.555. The summed E-state index contributed by atoms with van der Waals surface area (Å²) in [5.74, 6) is -0.0772. The van der Waals surface area contributed by atoms with E-state index in [2.05, 4.69) is 0 Å². The number of rotatable bonds is 5. The minimum Gasteiger partial charge on any atom is -0.508 e. The molecule has 152 valence electrons. The molecule has 0 spiro atoms. The van der Waals surface area contributed by atoms with Crippen molar-refractivity contribution >= 4 is 11.0 Å². The van der Waals surface area contributed by atoms with E-state index in [0.717, 1.165) is 11.6 Å². The van der Waals surface area contributed by atoms with Gasteiger partial charge in [-0.1, -0.05) is 11.6 Å². The summed E-state index contributed by atoms with van der Waals surface area (Å²) in [6.07, 6.45) is 2.10. The molecule has 0 atom stereocenters. The van der Waals surface area contributed by atoms with E-state index >= 15 is 0 Å². The first kappa shape index (κ1) is 20.1. The molecule has 0 radical (unpaired) electrons. The van der Waals surface area contributed by atoms with Gasteiger partial charge in [0.15, 0.2) is 11.5 Å². The second-order valence-electron chi connectivity index (χ2n) is 6.79. The third-order valence-corrected chi connectivity index (χ3v) is 4.51. The molecule has 3 rings (SSSR count). The van der Waals surface area contributed by atoms with Gasteiger partial charge in [-0.15, -0.1) is 0 Å². The van der Waals surface area contributed by atoms with Crippen LogP contribution in [0.15, 0.2) is 45.1 Å². The summed E-state index contributed by atoms with van der Waals surface area (Å²) in [5.41, 5.74) is 1.19. The summed E-state index contributed by atoms with van der Waals surface area (Å²) >= 11 is 0. The number of hydrogen-bond acceptors (Lipinski definition) is 7. The zero-order valence-corrected chi connectivity index (χ0v) is 16.6. The Bertz CT molecular complexity index is 1170. The van der Waals surface area contributed by atoms with Crippen LogP contribution >= 0.6 is 0 Å². The van der Waals surface area contributed by atoms with Crippen LogP contribution in [0, 0.1) is 0 Å². The smallest absolute Gasteiger partial charge is 0.200 e. The predicted octanol–water partition coefficient (Wildman–Crippen LogP) is 4.10. The highest BCUT2D eigenvalue weighted by molar-refractivity contribution is 5.88. The topological polar surface area (TPSA) is 109 Å². The average molecular weight is 398 g/mol. The first-order chi connectivity index (χ1) is 13.8. The highest BCUT2D eigenvalue weighted by atomic mass is 16.5. The zero-order valence-electron chi connectivity index (χ0n) is 16.6. The molecule has 0 aliphatic rings. The summed E-state index contributed by atoms with van der Waals surface area (Å²) in [7, 11) is 2.86. The second kappa shape index (κ2) is 7.79. The highest BCUT2D eigenvalue weighted by Crippen LogP contribution is 2.42. The van der Waals surface area contributed by atoms with Gasteiger partial charge < -0.3 is 29.2 Å². The van der Waals surface area contributed by atoms with E-state index in [9.17, 15) is 20.1 Å². The molecule has 7 heteroatoms. The molecule has 29 heavy (non-hydrogen) atoms. The van der Waals surface area contributed by atoms with Crippen LogP contribution in [0.3, 0.4) is 0 Å². The number of phenols is 3. The summed E-state index contributed by atoms with van der Waals surface area (Å²) in [5, 5.41) is 30.2. The van der Waals surface area contributed by atoms with Gasteiger partial charge in [0.05, 0.1) is 19.8 Å². The Labute approximate surface area is 167 Å². The summed E-state index contributed by atoms with van der Waals surface area (Å²) in [6.45, 7) is 3.80. The van der Waals surface area contributed by atoms with Gasteiger partial charge in [-0.25, -0.2) is 0 Å². The second-order valence-corrected chi connectivity index (χ2v) is 6.79. The molecule has 0 fully saturated rings. The number of benzene rings is 2. The van der Waals surface area contributed by atoms with Gasteiger partial charge in [0.25, 0.3) is 0 Å². The van der Waals surface area contributed by atoms with Gasteiger partial charge in [0.2, 0.25) is 5.43 Å². The maximum atomic E-state index is 13.2. The molecule has 1 heterocycles. The summed E-state index contributed by atoms with van der Waals surface area (Å²) in [4.78, 5) is 13.2. The maximum absolute atomic E-state index is 13.2. The lowest BCUT2D eigenvalue weighted by molar-refractivity contribution is 0.364.